The summed E-state index contributed by atoms with van der Waals surface area (Å²) < 4.78 is 23.7. The van der Waals surface area contributed by atoms with E-state index in [1.54, 1.807) is 55.5 Å². The summed E-state index contributed by atoms with van der Waals surface area (Å²) >= 11 is 0. The van der Waals surface area contributed by atoms with Crippen LogP contribution >= 0.6 is 0 Å². The van der Waals surface area contributed by atoms with Crippen LogP contribution in [0, 0.1) is 0 Å². The lowest BCUT2D eigenvalue weighted by molar-refractivity contribution is -0.0613. The second kappa shape index (κ2) is 11.2. The van der Waals surface area contributed by atoms with Gasteiger partial charge in [0.2, 0.25) is 0 Å². The van der Waals surface area contributed by atoms with Crippen LogP contribution in [0.1, 0.15) is 72.0 Å². The zero-order valence-electron chi connectivity index (χ0n) is 24.3. The molecule has 0 radical (unpaired) electrons. The van der Waals surface area contributed by atoms with Crippen LogP contribution in [0.4, 0.5) is 11.4 Å². The fourth-order valence-corrected chi connectivity index (χ4v) is 4.87. The van der Waals surface area contributed by atoms with Crippen LogP contribution in [0.3, 0.4) is 0 Å². The number of anilines is 2. The summed E-state index contributed by atoms with van der Waals surface area (Å²) in [7, 11) is 0. The molecule has 0 saturated heterocycles. The molecule has 0 bridgehead atoms. The number of nitrogens with two attached hydrogens (primary N) is 2. The van der Waals surface area contributed by atoms with Gasteiger partial charge >= 0.3 is 0 Å². The Balaban J connectivity index is 1.60. The van der Waals surface area contributed by atoms with Crippen LogP contribution < -0.4 is 25.7 Å². The normalized spacial score (nSPS) is 13.3. The minimum Gasteiger partial charge on any atom is -0.465 e. The maximum absolute atomic E-state index is 13.6. The summed E-state index contributed by atoms with van der Waals surface area (Å²) in [5, 5.41) is 0. The van der Waals surface area contributed by atoms with Gasteiger partial charge < -0.3 is 30.4 Å². The number of hydrogen-bond donors (Lipinski definition) is 2. The van der Waals surface area contributed by atoms with Crippen LogP contribution in [0.25, 0.3) is 0 Å². The summed E-state index contributed by atoms with van der Waals surface area (Å²) in [6, 6.07) is 20.9. The summed E-state index contributed by atoms with van der Waals surface area (Å²) in [5.74, 6) is 0.679. The Labute approximate surface area is 245 Å². The van der Waals surface area contributed by atoms with Crippen molar-refractivity contribution in [1.82, 2.24) is 0 Å². The Morgan fingerprint density at radius 1 is 0.690 bits per heavy atom. The van der Waals surface area contributed by atoms with E-state index < -0.39 is 17.9 Å². The molecule has 42 heavy (non-hydrogen) atoms. The maximum Gasteiger partial charge on any atom is 0.196 e. The second-order valence-corrected chi connectivity index (χ2v) is 11.0. The third kappa shape index (κ3) is 5.41. The van der Waals surface area contributed by atoms with Crippen LogP contribution in [0.2, 0.25) is 0 Å². The molecule has 0 amide bonds. The molecular formula is C34H34N2O6. The summed E-state index contributed by atoms with van der Waals surface area (Å²) in [6.07, 6.45) is -0.422. The molecule has 1 atom stereocenters. The minimum atomic E-state index is -0.422. The van der Waals surface area contributed by atoms with Crippen molar-refractivity contribution in [3.63, 3.8) is 0 Å². The molecule has 0 aromatic heterocycles. The molecule has 1 aliphatic rings. The number of nitrogen functional groups attached to an aromatic ring is 2. The van der Waals surface area contributed by atoms with Crippen LogP contribution in [-0.4, -0.2) is 24.5 Å². The van der Waals surface area contributed by atoms with Crippen molar-refractivity contribution in [3.8, 4) is 28.7 Å². The van der Waals surface area contributed by atoms with Gasteiger partial charge in [-0.25, -0.2) is 0 Å². The van der Waals surface area contributed by atoms with Crippen molar-refractivity contribution >= 4 is 22.9 Å². The number of rotatable bonds is 8. The average molecular weight is 567 g/mol. The zero-order chi connectivity index (χ0) is 30.2. The van der Waals surface area contributed by atoms with Gasteiger partial charge in [0.05, 0.1) is 22.5 Å². The Kier molecular flexibility index (Phi) is 7.67. The molecule has 0 saturated carbocycles. The van der Waals surface area contributed by atoms with E-state index in [-0.39, 0.29) is 50.5 Å². The van der Waals surface area contributed by atoms with Gasteiger partial charge in [0.1, 0.15) is 17.2 Å². The zero-order valence-corrected chi connectivity index (χ0v) is 24.3. The Morgan fingerprint density at radius 2 is 1.12 bits per heavy atom. The van der Waals surface area contributed by atoms with Gasteiger partial charge in [-0.3, -0.25) is 9.59 Å². The number of ketones is 2. The molecule has 8 nitrogen and oxygen atoms in total. The summed E-state index contributed by atoms with van der Waals surface area (Å²) in [4.78, 5) is 27.2. The van der Waals surface area contributed by atoms with Gasteiger partial charge in [-0.1, -0.05) is 57.2 Å². The third-order valence-electron chi connectivity index (χ3n) is 7.04. The lowest BCUT2D eigenvalue weighted by Crippen LogP contribution is -2.24. The topological polar surface area (TPSA) is 123 Å². The SMILES string of the molecule is CCOC(C)Oc1ccc(Oc2c(N)c3c(c(N)c2Oc2ccc(C(C)(C)C)cc2)C(=O)c2ccccc2C3=O)cc1. The van der Waals surface area contributed by atoms with Gasteiger partial charge in [-0.05, 0) is 61.2 Å². The second-order valence-electron chi connectivity index (χ2n) is 11.0. The molecule has 8 heteroatoms. The van der Waals surface area contributed by atoms with Gasteiger partial charge in [-0.2, -0.15) is 0 Å². The smallest absolute Gasteiger partial charge is 0.196 e. The van der Waals surface area contributed by atoms with Crippen LogP contribution in [0.5, 0.6) is 28.7 Å². The largest absolute Gasteiger partial charge is 0.465 e. The Hall–Kier alpha value is -4.82. The molecular weight excluding hydrogens is 532 g/mol. The van der Waals surface area contributed by atoms with Crippen molar-refractivity contribution in [1.29, 1.82) is 0 Å². The number of hydrogen-bond acceptors (Lipinski definition) is 8. The number of fused-ring (bicyclic) bond motifs is 2. The summed E-state index contributed by atoms with van der Waals surface area (Å²) in [6.45, 7) is 10.6. The fourth-order valence-electron chi connectivity index (χ4n) is 4.87. The van der Waals surface area contributed by atoms with Crippen molar-refractivity contribution in [2.45, 2.75) is 46.3 Å². The fraction of sp³-hybridized carbons (Fsp3) is 0.235. The lowest BCUT2D eigenvalue weighted by atomic mass is 9.82. The van der Waals surface area contributed by atoms with E-state index in [2.05, 4.69) is 20.8 Å². The van der Waals surface area contributed by atoms with Crippen molar-refractivity contribution in [2.24, 2.45) is 0 Å². The highest BCUT2D eigenvalue weighted by molar-refractivity contribution is 6.32. The van der Waals surface area contributed by atoms with Gasteiger partial charge in [-0.15, -0.1) is 0 Å². The first-order chi connectivity index (χ1) is 20.0. The molecule has 5 rings (SSSR count). The van der Waals surface area contributed by atoms with Gasteiger partial charge in [0.15, 0.2) is 29.4 Å². The predicted octanol–water partition coefficient (Wildman–Crippen LogP) is 7.27. The Morgan fingerprint density at radius 3 is 1.55 bits per heavy atom. The highest BCUT2D eigenvalue weighted by Gasteiger charge is 2.37. The highest BCUT2D eigenvalue weighted by Crippen LogP contribution is 2.50. The van der Waals surface area contributed by atoms with Crippen molar-refractivity contribution in [2.75, 3.05) is 18.1 Å². The first-order valence-corrected chi connectivity index (χ1v) is 13.8. The predicted molar refractivity (Wildman–Crippen MR) is 162 cm³/mol. The average Bonchev–Trinajstić information content (AvgIpc) is 2.96. The molecule has 0 heterocycles. The minimum absolute atomic E-state index is 0.00137. The van der Waals surface area contributed by atoms with Crippen LogP contribution in [0.15, 0.2) is 72.8 Å². The quantitative estimate of drug-likeness (QED) is 0.148. The molecule has 0 aliphatic heterocycles. The van der Waals surface area contributed by atoms with E-state index in [4.69, 9.17) is 30.4 Å². The lowest BCUT2D eigenvalue weighted by Gasteiger charge is -2.25. The Bertz CT molecular complexity index is 1650. The van der Waals surface area contributed by atoms with Gasteiger partial charge in [0, 0.05) is 17.7 Å². The molecule has 1 aliphatic carbocycles. The number of ether oxygens (including phenoxy) is 4. The number of carbonyl (C=O) groups is 2. The van der Waals surface area contributed by atoms with Gasteiger partial charge in [0.25, 0.3) is 0 Å². The highest BCUT2D eigenvalue weighted by atomic mass is 16.7. The molecule has 4 aromatic carbocycles. The van der Waals surface area contributed by atoms with E-state index in [0.717, 1.165) is 5.56 Å². The van der Waals surface area contributed by atoms with Crippen molar-refractivity contribution in [3.05, 3.63) is 101 Å². The standard InChI is InChI=1S/C34H34N2O6/c1-6-39-19(2)40-21-15-17-23(18-16-21)42-33-29(36)27-26(30(37)24-9-7-8-10-25(24)31(27)38)28(35)32(33)41-22-13-11-20(12-14-22)34(3,4)5/h7-19H,6,35-36H2,1-5H3. The number of benzene rings is 4. The van der Waals surface area contributed by atoms with E-state index in [1.807, 2.05) is 31.2 Å². The van der Waals surface area contributed by atoms with E-state index in [1.165, 1.54) is 0 Å². The molecule has 4 N–H and O–H groups in total. The third-order valence-corrected chi connectivity index (χ3v) is 7.04. The van der Waals surface area contributed by atoms with Crippen LogP contribution in [-0.2, 0) is 10.2 Å². The van der Waals surface area contributed by atoms with E-state index in [0.29, 0.717) is 23.9 Å². The summed E-state index contributed by atoms with van der Waals surface area (Å²) in [5.41, 5.74) is 14.7. The monoisotopic (exact) mass is 566 g/mol. The molecule has 1 unspecified atom stereocenters. The molecule has 0 spiro atoms. The molecule has 0 fully saturated rings. The van der Waals surface area contributed by atoms with E-state index in [9.17, 15) is 9.59 Å². The molecule has 4 aromatic rings. The first-order valence-electron chi connectivity index (χ1n) is 13.8. The first kappa shape index (κ1) is 28.7. The van der Waals surface area contributed by atoms with Crippen molar-refractivity contribution < 1.29 is 28.5 Å². The maximum atomic E-state index is 13.6. The number of carbonyl (C=O) groups excluding carboxylic acids is 2. The van der Waals surface area contributed by atoms with E-state index >= 15 is 0 Å². The molecule has 216 valence electrons.